The number of nitrogens with one attached hydrogen (secondary N) is 1. The van der Waals surface area contributed by atoms with Crippen molar-refractivity contribution in [3.05, 3.63) is 45.1 Å². The Bertz CT molecular complexity index is 843. The zero-order valence-electron chi connectivity index (χ0n) is 11.0. The van der Waals surface area contributed by atoms with E-state index in [1.54, 1.807) is 5.51 Å². The number of aryl methyl sites for hydroxylation is 2. The second-order valence-corrected chi connectivity index (χ2v) is 6.09. The molecule has 0 aliphatic carbocycles. The van der Waals surface area contributed by atoms with E-state index in [9.17, 15) is 4.79 Å². The maximum absolute atomic E-state index is 12.0. The number of carbonyl (C=O) groups excluding carboxylic acids is 1. The van der Waals surface area contributed by atoms with Crippen LogP contribution in [0.15, 0.2) is 34.9 Å². The molecule has 0 unspecified atom stereocenters. The summed E-state index contributed by atoms with van der Waals surface area (Å²) < 4.78 is 3.09. The minimum absolute atomic E-state index is 0.220. The molecule has 0 aliphatic heterocycles. The summed E-state index contributed by atoms with van der Waals surface area (Å²) in [6.45, 7) is 1.81. The molecule has 20 heavy (non-hydrogen) atoms. The number of para-hydroxylation sites is 1. The van der Waals surface area contributed by atoms with Gasteiger partial charge < -0.3 is 4.57 Å². The molecule has 0 atom stereocenters. The summed E-state index contributed by atoms with van der Waals surface area (Å²) in [5, 5.41) is 4.20. The first-order valence-corrected chi connectivity index (χ1v) is 7.65. The van der Waals surface area contributed by atoms with Crippen LogP contribution in [0.5, 0.6) is 0 Å². The normalized spacial score (nSPS) is 12.0. The predicted molar refractivity (Wildman–Crippen MR) is 80.7 cm³/mol. The highest BCUT2D eigenvalue weighted by molar-refractivity contribution is 7.16. The van der Waals surface area contributed by atoms with Gasteiger partial charge in [0.15, 0.2) is 0 Å². The number of thiazole rings is 2. The lowest BCUT2D eigenvalue weighted by molar-refractivity contribution is 0.0956. The molecule has 5 nitrogen and oxygen atoms in total. The first-order valence-electron chi connectivity index (χ1n) is 5.95. The minimum atomic E-state index is -0.220. The molecule has 0 fully saturated rings. The van der Waals surface area contributed by atoms with Crippen LogP contribution in [0.25, 0.3) is 10.2 Å². The quantitative estimate of drug-likeness (QED) is 0.738. The Labute approximate surface area is 123 Å². The lowest BCUT2D eigenvalue weighted by Crippen LogP contribution is -2.23. The Morgan fingerprint density at radius 1 is 1.40 bits per heavy atom. The number of hydrogen-bond donors (Lipinski definition) is 1. The van der Waals surface area contributed by atoms with E-state index < -0.39 is 0 Å². The highest BCUT2D eigenvalue weighted by Crippen LogP contribution is 2.15. The van der Waals surface area contributed by atoms with Crippen molar-refractivity contribution in [2.75, 3.05) is 0 Å². The molecule has 0 bridgehead atoms. The van der Waals surface area contributed by atoms with Gasteiger partial charge in [0.2, 0.25) is 4.80 Å². The monoisotopic (exact) mass is 304 g/mol. The van der Waals surface area contributed by atoms with Crippen LogP contribution in [0.4, 0.5) is 0 Å². The van der Waals surface area contributed by atoms with Crippen molar-refractivity contribution in [2.45, 2.75) is 6.92 Å². The summed E-state index contributed by atoms with van der Waals surface area (Å²) in [5.74, 6) is -0.220. The van der Waals surface area contributed by atoms with Gasteiger partial charge in [-0.3, -0.25) is 4.79 Å². The van der Waals surface area contributed by atoms with Crippen LogP contribution in [0, 0.1) is 6.92 Å². The molecule has 2 heterocycles. The number of carbonyl (C=O) groups is 1. The van der Waals surface area contributed by atoms with Crippen LogP contribution in [-0.2, 0) is 7.05 Å². The zero-order chi connectivity index (χ0) is 14.1. The van der Waals surface area contributed by atoms with Crippen molar-refractivity contribution in [3.8, 4) is 0 Å². The molecule has 0 spiro atoms. The molecule has 1 N–H and O–H groups in total. The van der Waals surface area contributed by atoms with Crippen LogP contribution in [0.1, 0.15) is 15.4 Å². The third-order valence-electron chi connectivity index (χ3n) is 2.92. The lowest BCUT2D eigenvalue weighted by Gasteiger charge is -1.97. The minimum Gasteiger partial charge on any atom is -0.318 e. The third kappa shape index (κ3) is 2.25. The summed E-state index contributed by atoms with van der Waals surface area (Å²) in [4.78, 5) is 17.4. The van der Waals surface area contributed by atoms with Crippen LogP contribution < -0.4 is 10.2 Å². The van der Waals surface area contributed by atoms with E-state index in [4.69, 9.17) is 0 Å². The van der Waals surface area contributed by atoms with E-state index in [2.05, 4.69) is 15.5 Å². The Hall–Kier alpha value is -1.99. The molecular weight excluding hydrogens is 292 g/mol. The fraction of sp³-hybridized carbons (Fsp3) is 0.154. The molecule has 3 aromatic rings. The molecule has 7 heteroatoms. The number of nitrogens with zero attached hydrogens (tertiary/aromatic N) is 3. The molecule has 2 aromatic heterocycles. The predicted octanol–water partition coefficient (Wildman–Crippen LogP) is 2.25. The van der Waals surface area contributed by atoms with Gasteiger partial charge in [0.1, 0.15) is 4.88 Å². The van der Waals surface area contributed by atoms with Gasteiger partial charge in [0, 0.05) is 7.05 Å². The topological polar surface area (TPSA) is 59.3 Å². The molecule has 0 aliphatic rings. The fourth-order valence-corrected chi connectivity index (χ4v) is 3.53. The standard InChI is InChI=1S/C13H12N4OS2/c1-8-11(19-7-14-8)12(18)15-16-13-17(2)9-5-3-4-6-10(9)20-13/h3-7H,1-2H3,(H,15,18)/b16-13+. The van der Waals surface area contributed by atoms with E-state index in [1.807, 2.05) is 42.8 Å². The Morgan fingerprint density at radius 3 is 2.90 bits per heavy atom. The van der Waals surface area contributed by atoms with Gasteiger partial charge in [-0.25, -0.2) is 10.4 Å². The number of aromatic nitrogens is 2. The third-order valence-corrected chi connectivity index (χ3v) is 4.96. The van der Waals surface area contributed by atoms with Gasteiger partial charge in [-0.05, 0) is 19.1 Å². The summed E-state index contributed by atoms with van der Waals surface area (Å²) in [7, 11) is 1.93. The van der Waals surface area contributed by atoms with Gasteiger partial charge in [-0.2, -0.15) is 0 Å². The first kappa shape index (κ1) is 13.0. The van der Waals surface area contributed by atoms with E-state index in [0.29, 0.717) is 4.88 Å². The van der Waals surface area contributed by atoms with Gasteiger partial charge in [-0.15, -0.1) is 16.4 Å². The Balaban J connectivity index is 1.94. The molecule has 1 amide bonds. The first-order chi connectivity index (χ1) is 9.66. The van der Waals surface area contributed by atoms with Crippen LogP contribution in [0.2, 0.25) is 0 Å². The average Bonchev–Trinajstić information content (AvgIpc) is 3.01. The van der Waals surface area contributed by atoms with Gasteiger partial charge in [0.25, 0.3) is 5.91 Å². The van der Waals surface area contributed by atoms with Crippen molar-refractivity contribution in [1.82, 2.24) is 15.0 Å². The molecule has 102 valence electrons. The van der Waals surface area contributed by atoms with Crippen LogP contribution >= 0.6 is 22.7 Å². The number of amides is 1. The van der Waals surface area contributed by atoms with Gasteiger partial charge in [0.05, 0.1) is 21.4 Å². The summed E-state index contributed by atoms with van der Waals surface area (Å²) in [6.07, 6.45) is 0. The molecule has 1 aromatic carbocycles. The van der Waals surface area contributed by atoms with Crippen LogP contribution in [0.3, 0.4) is 0 Å². The largest absolute Gasteiger partial charge is 0.318 e. The SMILES string of the molecule is Cc1ncsc1C(=O)N/N=c1/sc2ccccc2n1C. The smallest absolute Gasteiger partial charge is 0.283 e. The van der Waals surface area contributed by atoms with E-state index in [0.717, 1.165) is 20.7 Å². The van der Waals surface area contributed by atoms with E-state index in [-0.39, 0.29) is 5.91 Å². The van der Waals surface area contributed by atoms with Crippen molar-refractivity contribution >= 4 is 38.8 Å². The fourth-order valence-electron chi connectivity index (χ4n) is 1.86. The Kier molecular flexibility index (Phi) is 3.37. The molecule has 0 radical (unpaired) electrons. The molecule has 0 saturated heterocycles. The molecular formula is C13H12N4OS2. The zero-order valence-corrected chi connectivity index (χ0v) is 12.6. The lowest BCUT2D eigenvalue weighted by atomic mass is 10.3. The summed E-state index contributed by atoms with van der Waals surface area (Å²) in [5.41, 5.74) is 6.07. The summed E-state index contributed by atoms with van der Waals surface area (Å²) >= 11 is 2.85. The second kappa shape index (κ2) is 5.18. The maximum atomic E-state index is 12.0. The second-order valence-electron chi connectivity index (χ2n) is 4.23. The highest BCUT2D eigenvalue weighted by Gasteiger charge is 2.10. The summed E-state index contributed by atoms with van der Waals surface area (Å²) in [6, 6.07) is 8.04. The molecule has 3 rings (SSSR count). The Morgan fingerprint density at radius 2 is 2.20 bits per heavy atom. The number of rotatable bonds is 2. The van der Waals surface area contributed by atoms with E-state index in [1.165, 1.54) is 22.7 Å². The van der Waals surface area contributed by atoms with Crippen molar-refractivity contribution in [2.24, 2.45) is 12.1 Å². The van der Waals surface area contributed by atoms with Crippen molar-refractivity contribution in [1.29, 1.82) is 0 Å². The van der Waals surface area contributed by atoms with Crippen LogP contribution in [-0.4, -0.2) is 15.5 Å². The number of hydrogen-bond acceptors (Lipinski definition) is 5. The molecule has 0 saturated carbocycles. The highest BCUT2D eigenvalue weighted by atomic mass is 32.1. The number of benzene rings is 1. The maximum Gasteiger partial charge on any atom is 0.283 e. The average molecular weight is 304 g/mol. The van der Waals surface area contributed by atoms with Gasteiger partial charge in [-0.1, -0.05) is 23.5 Å². The number of fused-ring (bicyclic) bond motifs is 1. The van der Waals surface area contributed by atoms with E-state index >= 15 is 0 Å². The van der Waals surface area contributed by atoms with Crippen molar-refractivity contribution < 1.29 is 4.79 Å². The van der Waals surface area contributed by atoms with Crippen molar-refractivity contribution in [3.63, 3.8) is 0 Å². The van der Waals surface area contributed by atoms with Gasteiger partial charge >= 0.3 is 0 Å².